The van der Waals surface area contributed by atoms with E-state index in [1.807, 2.05) is 0 Å². The van der Waals surface area contributed by atoms with Gasteiger partial charge in [0, 0.05) is 0 Å². The Labute approximate surface area is 183 Å². The maximum atomic E-state index is 10.8. The summed E-state index contributed by atoms with van der Waals surface area (Å²) < 4.78 is 0. The quantitative estimate of drug-likeness (QED) is 0.169. The molecule has 0 aliphatic carbocycles. The second-order valence-electron chi connectivity index (χ2n) is 3.45. The Morgan fingerprint density at radius 2 is 1.35 bits per heavy atom. The van der Waals surface area contributed by atoms with Crippen LogP contribution in [0.25, 0.3) is 0 Å². The molecule has 0 unspecified atom stereocenters. The van der Waals surface area contributed by atoms with Crippen LogP contribution in [-0.4, -0.2) is 141 Å². The van der Waals surface area contributed by atoms with Gasteiger partial charge < -0.3 is 21.1 Å². The number of aliphatic carboxylic acids is 3. The van der Waals surface area contributed by atoms with Crippen LogP contribution in [0.2, 0.25) is 0 Å². The SMILES string of the molecule is NCCCC[C@H](NC(C(=O)O)C(=O)O)C(=O)O.[NaH].[NaH].[NaH]. The van der Waals surface area contributed by atoms with E-state index in [4.69, 9.17) is 21.1 Å². The first-order chi connectivity index (χ1) is 7.90. The van der Waals surface area contributed by atoms with Crippen molar-refractivity contribution >= 4 is 107 Å². The van der Waals surface area contributed by atoms with Crippen LogP contribution < -0.4 is 11.1 Å². The number of nitrogens with two attached hydrogens (primary N) is 1. The fourth-order valence-electron chi connectivity index (χ4n) is 1.22. The summed E-state index contributed by atoms with van der Waals surface area (Å²) in [5.74, 6) is -4.53. The van der Waals surface area contributed by atoms with E-state index in [-0.39, 0.29) is 95.1 Å². The van der Waals surface area contributed by atoms with E-state index >= 15 is 0 Å². The second kappa shape index (κ2) is 16.7. The van der Waals surface area contributed by atoms with Gasteiger partial charge in [-0.2, -0.15) is 0 Å². The van der Waals surface area contributed by atoms with Crippen molar-refractivity contribution in [3.8, 4) is 0 Å². The summed E-state index contributed by atoms with van der Waals surface area (Å²) in [6, 6.07) is -3.13. The van der Waals surface area contributed by atoms with Crippen molar-refractivity contribution < 1.29 is 29.7 Å². The molecule has 0 rings (SSSR count). The van der Waals surface area contributed by atoms with Gasteiger partial charge in [-0.25, -0.2) is 9.59 Å². The Balaban J connectivity index is -0.000000427. The Morgan fingerprint density at radius 3 is 1.65 bits per heavy atom. The molecule has 0 aromatic heterocycles. The second-order valence-corrected chi connectivity index (χ2v) is 3.45. The van der Waals surface area contributed by atoms with Crippen LogP contribution >= 0.6 is 0 Å². The summed E-state index contributed by atoms with van der Waals surface area (Å²) in [4.78, 5) is 31.9. The molecule has 20 heavy (non-hydrogen) atoms. The van der Waals surface area contributed by atoms with Crippen LogP contribution in [0.15, 0.2) is 0 Å². The monoisotopic (exact) mass is 320 g/mol. The minimum absolute atomic E-state index is 0. The van der Waals surface area contributed by atoms with Crippen molar-refractivity contribution in [1.82, 2.24) is 5.32 Å². The van der Waals surface area contributed by atoms with Crippen molar-refractivity contribution in [2.75, 3.05) is 6.54 Å². The summed E-state index contributed by atoms with van der Waals surface area (Å²) in [5.41, 5.74) is 5.23. The van der Waals surface area contributed by atoms with E-state index in [1.54, 1.807) is 0 Å². The van der Waals surface area contributed by atoms with Crippen LogP contribution in [0.1, 0.15) is 19.3 Å². The van der Waals surface area contributed by atoms with Crippen molar-refractivity contribution in [3.05, 3.63) is 0 Å². The van der Waals surface area contributed by atoms with E-state index in [2.05, 4.69) is 5.32 Å². The molecule has 0 aromatic carbocycles. The molecule has 6 N–H and O–H groups in total. The van der Waals surface area contributed by atoms with Gasteiger partial charge >= 0.3 is 107 Å². The number of carboxylic acid groups (broad SMARTS) is 3. The third kappa shape index (κ3) is 13.0. The van der Waals surface area contributed by atoms with Crippen LogP contribution in [0.3, 0.4) is 0 Å². The van der Waals surface area contributed by atoms with Gasteiger partial charge in [0.05, 0.1) is 0 Å². The van der Waals surface area contributed by atoms with Crippen LogP contribution in [-0.2, 0) is 14.4 Å². The van der Waals surface area contributed by atoms with Crippen molar-refractivity contribution in [2.45, 2.75) is 31.3 Å². The van der Waals surface area contributed by atoms with E-state index in [0.717, 1.165) is 0 Å². The maximum absolute atomic E-state index is 10.8. The molecule has 0 aromatic rings. The zero-order valence-corrected chi connectivity index (χ0v) is 9.13. The Morgan fingerprint density at radius 1 is 0.900 bits per heavy atom. The summed E-state index contributed by atoms with van der Waals surface area (Å²) in [6.07, 6.45) is 1.20. The Kier molecular flexibility index (Phi) is 24.5. The molecule has 0 saturated carbocycles. The molecule has 0 bridgehead atoms. The molecule has 0 aliphatic rings. The normalized spacial score (nSPS) is 10.5. The molecule has 1 atom stereocenters. The van der Waals surface area contributed by atoms with Gasteiger partial charge in [0.15, 0.2) is 0 Å². The molecule has 0 radical (unpaired) electrons. The van der Waals surface area contributed by atoms with E-state index in [1.165, 1.54) is 0 Å². The van der Waals surface area contributed by atoms with Crippen molar-refractivity contribution in [1.29, 1.82) is 0 Å². The molecular formula is C9H19N2Na3O6. The molecule has 0 heterocycles. The molecule has 11 heteroatoms. The zero-order valence-electron chi connectivity index (χ0n) is 9.13. The first-order valence-corrected chi connectivity index (χ1v) is 5.04. The van der Waals surface area contributed by atoms with Crippen LogP contribution in [0.4, 0.5) is 0 Å². The van der Waals surface area contributed by atoms with Gasteiger partial charge in [-0.1, -0.05) is 6.42 Å². The number of hydrogen-bond donors (Lipinski definition) is 5. The molecular weight excluding hydrogens is 301 g/mol. The van der Waals surface area contributed by atoms with Gasteiger partial charge in [0.25, 0.3) is 0 Å². The number of hydrogen-bond acceptors (Lipinski definition) is 5. The predicted molar refractivity (Wildman–Crippen MR) is 78.0 cm³/mol. The molecule has 8 nitrogen and oxygen atoms in total. The van der Waals surface area contributed by atoms with E-state index < -0.39 is 30.0 Å². The van der Waals surface area contributed by atoms with Gasteiger partial charge in [-0.15, -0.1) is 0 Å². The minimum atomic E-state index is -1.92. The number of nitrogens with one attached hydrogen (secondary N) is 1. The fourth-order valence-corrected chi connectivity index (χ4v) is 1.22. The topological polar surface area (TPSA) is 150 Å². The number of rotatable bonds is 9. The number of carbonyl (C=O) groups is 3. The molecule has 104 valence electrons. The summed E-state index contributed by atoms with van der Waals surface area (Å²) in [6.45, 7) is 0.396. The molecule has 0 saturated heterocycles. The van der Waals surface area contributed by atoms with Gasteiger partial charge in [-0.05, 0) is 19.4 Å². The average Bonchev–Trinajstić information content (AvgIpc) is 2.21. The van der Waals surface area contributed by atoms with E-state index in [9.17, 15) is 14.4 Å². The number of carboxylic acids is 3. The molecule has 0 amide bonds. The molecule has 0 aliphatic heterocycles. The third-order valence-electron chi connectivity index (χ3n) is 2.11. The molecule has 0 fully saturated rings. The van der Waals surface area contributed by atoms with Gasteiger partial charge in [0.2, 0.25) is 6.04 Å². The van der Waals surface area contributed by atoms with Crippen LogP contribution in [0, 0.1) is 0 Å². The van der Waals surface area contributed by atoms with Crippen molar-refractivity contribution in [2.24, 2.45) is 5.73 Å². The Bertz CT molecular complexity index is 291. The zero-order chi connectivity index (χ0) is 13.4. The van der Waals surface area contributed by atoms with Gasteiger partial charge in [-0.3, -0.25) is 10.1 Å². The first-order valence-electron chi connectivity index (χ1n) is 5.04. The third-order valence-corrected chi connectivity index (χ3v) is 2.11. The standard InChI is InChI=1S/C9H16N2O6.3Na.3H/c10-4-2-1-3-5(7(12)13)11-6(8(14)15)9(16)17;;;;;;/h5-6,11H,1-4,10H2,(H,12,13)(H,14,15)(H,16,17);;;;;;/t5-;;;;;;/m0....../s1. The summed E-state index contributed by atoms with van der Waals surface area (Å²) in [7, 11) is 0. The fraction of sp³-hybridized carbons (Fsp3) is 0.667. The number of unbranched alkanes of at least 4 members (excludes halogenated alkanes) is 1. The van der Waals surface area contributed by atoms with Crippen LogP contribution in [0.5, 0.6) is 0 Å². The first kappa shape index (κ1) is 29.4. The Hall–Kier alpha value is 1.33. The van der Waals surface area contributed by atoms with Gasteiger partial charge in [0.1, 0.15) is 6.04 Å². The molecule has 0 spiro atoms. The average molecular weight is 320 g/mol. The predicted octanol–water partition coefficient (Wildman–Crippen LogP) is -3.25. The van der Waals surface area contributed by atoms with Crippen molar-refractivity contribution in [3.63, 3.8) is 0 Å². The summed E-state index contributed by atoms with van der Waals surface area (Å²) >= 11 is 0. The van der Waals surface area contributed by atoms with E-state index in [0.29, 0.717) is 19.4 Å². The summed E-state index contributed by atoms with van der Waals surface area (Å²) in [5, 5.41) is 28.1.